The molecule has 3 nitrogen and oxygen atoms in total. The monoisotopic (exact) mass is 227 g/mol. The van der Waals surface area contributed by atoms with Gasteiger partial charge in [0.1, 0.15) is 6.29 Å². The third kappa shape index (κ3) is 1.61. The first-order valence-corrected chi connectivity index (χ1v) is 6.51. The zero-order valence-corrected chi connectivity index (χ0v) is 11.0. The first-order chi connectivity index (χ1) is 7.56. The van der Waals surface area contributed by atoms with Crippen LogP contribution in [0.3, 0.4) is 0 Å². The average Bonchev–Trinajstić information content (AvgIpc) is 2.59. The molecule has 94 valence electrons. The van der Waals surface area contributed by atoms with Gasteiger partial charge < -0.3 is 10.0 Å². The van der Waals surface area contributed by atoms with Gasteiger partial charge in [0.2, 0.25) is 0 Å². The molecular weight excluding hydrogens is 202 g/mol. The molecule has 0 radical (unpaired) electrons. The lowest BCUT2D eigenvalue weighted by Gasteiger charge is -2.42. The predicted octanol–water partition coefficient (Wildman–Crippen LogP) is 3.01. The van der Waals surface area contributed by atoms with Gasteiger partial charge in [0, 0.05) is 11.5 Å². The molecule has 1 fully saturated rings. The Morgan fingerprint density at radius 1 is 1.19 bits per heavy atom. The maximum absolute atomic E-state index is 11.3. The van der Waals surface area contributed by atoms with Crippen LogP contribution in [0.5, 0.6) is 0 Å². The molecule has 1 aliphatic heterocycles. The van der Waals surface area contributed by atoms with Gasteiger partial charge in [0.25, 0.3) is 0 Å². The van der Waals surface area contributed by atoms with E-state index in [2.05, 4.69) is 27.7 Å². The summed E-state index contributed by atoms with van der Waals surface area (Å²) in [5, 5.41) is 12.1. The second-order valence-corrected chi connectivity index (χ2v) is 5.00. The third-order valence-electron chi connectivity index (χ3n) is 4.87. The van der Waals surface area contributed by atoms with E-state index in [9.17, 15) is 10.0 Å². The van der Waals surface area contributed by atoms with Crippen molar-refractivity contribution in [3.8, 4) is 0 Å². The molecule has 16 heavy (non-hydrogen) atoms. The Hall–Kier alpha value is -0.410. The molecule has 0 saturated carbocycles. The number of nitrogens with zero attached hydrogens (tertiary/aromatic N) is 1. The van der Waals surface area contributed by atoms with Crippen molar-refractivity contribution in [1.82, 2.24) is 5.06 Å². The molecule has 1 heterocycles. The van der Waals surface area contributed by atoms with Crippen LogP contribution < -0.4 is 0 Å². The van der Waals surface area contributed by atoms with Crippen LogP contribution in [0.4, 0.5) is 0 Å². The zero-order chi connectivity index (χ0) is 12.4. The summed E-state index contributed by atoms with van der Waals surface area (Å²) in [5.74, 6) is -0.0348. The van der Waals surface area contributed by atoms with Crippen molar-refractivity contribution in [3.05, 3.63) is 0 Å². The minimum atomic E-state index is -0.340. The van der Waals surface area contributed by atoms with E-state index in [1.807, 2.05) is 0 Å². The first kappa shape index (κ1) is 13.7. The van der Waals surface area contributed by atoms with Gasteiger partial charge in [-0.2, -0.15) is 5.06 Å². The minimum Gasteiger partial charge on any atom is -0.313 e. The van der Waals surface area contributed by atoms with Crippen molar-refractivity contribution in [1.29, 1.82) is 0 Å². The average molecular weight is 227 g/mol. The highest BCUT2D eigenvalue weighted by molar-refractivity contribution is 5.57. The van der Waals surface area contributed by atoms with Crippen LogP contribution in [-0.4, -0.2) is 27.6 Å². The van der Waals surface area contributed by atoms with Crippen molar-refractivity contribution in [3.63, 3.8) is 0 Å². The fourth-order valence-corrected chi connectivity index (χ4v) is 3.40. The molecule has 1 N–H and O–H groups in total. The Bertz CT molecular complexity index is 244. The lowest BCUT2D eigenvalue weighted by Crippen LogP contribution is -2.52. The third-order valence-corrected chi connectivity index (χ3v) is 4.87. The van der Waals surface area contributed by atoms with E-state index in [0.29, 0.717) is 0 Å². The Labute approximate surface area is 98.8 Å². The molecule has 1 aliphatic rings. The summed E-state index contributed by atoms with van der Waals surface area (Å²) >= 11 is 0. The molecule has 1 rings (SSSR count). The van der Waals surface area contributed by atoms with Crippen molar-refractivity contribution >= 4 is 6.29 Å². The lowest BCUT2D eigenvalue weighted by atomic mass is 9.80. The van der Waals surface area contributed by atoms with Gasteiger partial charge in [0.15, 0.2) is 0 Å². The summed E-state index contributed by atoms with van der Waals surface area (Å²) in [6, 6.07) is 0. The highest BCUT2D eigenvalue weighted by Gasteiger charge is 2.57. The van der Waals surface area contributed by atoms with Crippen molar-refractivity contribution < 1.29 is 10.0 Å². The van der Waals surface area contributed by atoms with Crippen molar-refractivity contribution in [2.45, 2.75) is 70.9 Å². The minimum absolute atomic E-state index is 0.0348. The Balaban J connectivity index is 3.14. The number of aldehydes is 1. The SMILES string of the molecule is CCC1(CC)CC(C=O)C(CC)(CC)N1O. The van der Waals surface area contributed by atoms with Crippen LogP contribution in [-0.2, 0) is 4.79 Å². The van der Waals surface area contributed by atoms with E-state index in [1.54, 1.807) is 0 Å². The lowest BCUT2D eigenvalue weighted by molar-refractivity contribution is -0.219. The highest BCUT2D eigenvalue weighted by Crippen LogP contribution is 2.49. The van der Waals surface area contributed by atoms with Crippen LogP contribution in [0.25, 0.3) is 0 Å². The van der Waals surface area contributed by atoms with E-state index in [-0.39, 0.29) is 17.0 Å². The second kappa shape index (κ2) is 4.84. The Kier molecular flexibility index (Phi) is 4.13. The van der Waals surface area contributed by atoms with E-state index >= 15 is 0 Å². The van der Waals surface area contributed by atoms with Crippen LogP contribution in [0.2, 0.25) is 0 Å². The van der Waals surface area contributed by atoms with Crippen LogP contribution >= 0.6 is 0 Å². The van der Waals surface area contributed by atoms with Crippen molar-refractivity contribution in [2.75, 3.05) is 0 Å². The fraction of sp³-hybridized carbons (Fsp3) is 0.923. The van der Waals surface area contributed by atoms with Gasteiger partial charge in [-0.3, -0.25) is 0 Å². The smallest absolute Gasteiger partial charge is 0.125 e. The Morgan fingerprint density at radius 2 is 1.69 bits per heavy atom. The predicted molar refractivity (Wildman–Crippen MR) is 64.4 cm³/mol. The number of hydroxylamine groups is 2. The molecule has 1 atom stereocenters. The van der Waals surface area contributed by atoms with Crippen LogP contribution in [0, 0.1) is 5.92 Å². The second-order valence-electron chi connectivity index (χ2n) is 5.00. The quantitative estimate of drug-likeness (QED) is 0.734. The highest BCUT2D eigenvalue weighted by atomic mass is 16.5. The van der Waals surface area contributed by atoms with E-state index in [4.69, 9.17) is 0 Å². The van der Waals surface area contributed by atoms with Gasteiger partial charge in [0.05, 0.1) is 5.54 Å². The normalized spacial score (nSPS) is 28.2. The molecule has 0 bridgehead atoms. The number of carbonyl (C=O) groups excluding carboxylic acids is 1. The summed E-state index contributed by atoms with van der Waals surface area (Å²) in [4.78, 5) is 11.3. The number of carbonyl (C=O) groups is 1. The molecule has 0 amide bonds. The topological polar surface area (TPSA) is 40.5 Å². The van der Waals surface area contributed by atoms with E-state index in [1.165, 1.54) is 5.06 Å². The van der Waals surface area contributed by atoms with E-state index < -0.39 is 0 Å². The summed E-state index contributed by atoms with van der Waals surface area (Å²) in [7, 11) is 0. The standard InChI is InChI=1S/C13H25NO2/c1-5-12(6-2)9-11(10-15)13(7-3,8-4)14(12)16/h10-11,16H,5-9H2,1-4H3. The number of rotatable bonds is 5. The summed E-state index contributed by atoms with van der Waals surface area (Å²) in [6.07, 6.45) is 5.28. The largest absolute Gasteiger partial charge is 0.313 e. The molecule has 1 saturated heterocycles. The molecule has 1 unspecified atom stereocenters. The molecular formula is C13H25NO2. The molecule has 0 aromatic heterocycles. The van der Waals surface area contributed by atoms with Crippen LogP contribution in [0.15, 0.2) is 0 Å². The summed E-state index contributed by atoms with van der Waals surface area (Å²) in [6.45, 7) is 8.31. The maximum Gasteiger partial charge on any atom is 0.125 e. The van der Waals surface area contributed by atoms with Crippen LogP contribution in [0.1, 0.15) is 59.8 Å². The number of hydrogen-bond donors (Lipinski definition) is 1. The maximum atomic E-state index is 11.3. The van der Waals surface area contributed by atoms with Gasteiger partial charge in [-0.25, -0.2) is 0 Å². The van der Waals surface area contributed by atoms with E-state index in [0.717, 1.165) is 38.4 Å². The zero-order valence-electron chi connectivity index (χ0n) is 11.0. The fourth-order valence-electron chi connectivity index (χ4n) is 3.40. The number of hydrogen-bond acceptors (Lipinski definition) is 3. The first-order valence-electron chi connectivity index (χ1n) is 6.51. The molecule has 0 aromatic carbocycles. The van der Waals surface area contributed by atoms with Crippen molar-refractivity contribution in [2.24, 2.45) is 5.92 Å². The van der Waals surface area contributed by atoms with Gasteiger partial charge >= 0.3 is 0 Å². The van der Waals surface area contributed by atoms with Gasteiger partial charge in [-0.05, 0) is 32.1 Å². The summed E-state index contributed by atoms with van der Waals surface area (Å²) < 4.78 is 0. The summed E-state index contributed by atoms with van der Waals surface area (Å²) in [5.41, 5.74) is -0.536. The van der Waals surface area contributed by atoms with Gasteiger partial charge in [-0.1, -0.05) is 27.7 Å². The Morgan fingerprint density at radius 3 is 1.94 bits per heavy atom. The molecule has 3 heteroatoms. The molecule has 0 aromatic rings. The van der Waals surface area contributed by atoms with Gasteiger partial charge in [-0.15, -0.1) is 0 Å². The molecule has 0 spiro atoms. The molecule has 0 aliphatic carbocycles.